The SMILES string of the molecule is Cn1cnc(S(=O)(=O)N2C[C@H](NCc3cccc(Cl)c3)[C@@H](c3ccc(F)cc3)C2)c1. The highest BCUT2D eigenvalue weighted by atomic mass is 35.5. The molecule has 0 unspecified atom stereocenters. The maximum atomic E-state index is 13.4. The molecule has 30 heavy (non-hydrogen) atoms. The first-order chi connectivity index (χ1) is 14.3. The van der Waals surface area contributed by atoms with E-state index in [1.807, 2.05) is 24.3 Å². The highest BCUT2D eigenvalue weighted by Gasteiger charge is 2.40. The van der Waals surface area contributed by atoms with Crippen molar-refractivity contribution in [3.63, 3.8) is 0 Å². The number of hydrogen-bond donors (Lipinski definition) is 1. The van der Waals surface area contributed by atoms with E-state index in [2.05, 4.69) is 10.3 Å². The second-order valence-corrected chi connectivity index (χ2v) is 9.80. The molecule has 0 radical (unpaired) electrons. The first kappa shape index (κ1) is 21.0. The van der Waals surface area contributed by atoms with Crippen molar-refractivity contribution in [2.45, 2.75) is 23.5 Å². The molecule has 0 amide bonds. The molecule has 0 saturated carbocycles. The lowest BCUT2D eigenvalue weighted by molar-refractivity contribution is 0.454. The Bertz CT molecular complexity index is 1130. The van der Waals surface area contributed by atoms with Gasteiger partial charge in [-0.1, -0.05) is 35.9 Å². The molecule has 158 valence electrons. The van der Waals surface area contributed by atoms with Crippen LogP contribution >= 0.6 is 11.6 Å². The fourth-order valence-corrected chi connectivity index (χ4v) is 5.44. The Kier molecular flexibility index (Phi) is 5.92. The van der Waals surface area contributed by atoms with E-state index < -0.39 is 10.0 Å². The molecular weight excluding hydrogens is 427 g/mol. The van der Waals surface area contributed by atoms with Crippen molar-refractivity contribution in [1.29, 1.82) is 0 Å². The molecule has 2 atom stereocenters. The van der Waals surface area contributed by atoms with Crippen LogP contribution in [-0.4, -0.2) is 41.4 Å². The van der Waals surface area contributed by atoms with Crippen LogP contribution in [0.4, 0.5) is 4.39 Å². The zero-order valence-electron chi connectivity index (χ0n) is 16.4. The second-order valence-electron chi connectivity index (χ2n) is 7.47. The van der Waals surface area contributed by atoms with Gasteiger partial charge in [-0.05, 0) is 35.4 Å². The minimum Gasteiger partial charge on any atom is -0.339 e. The van der Waals surface area contributed by atoms with E-state index in [9.17, 15) is 12.8 Å². The number of nitrogens with zero attached hydrogens (tertiary/aromatic N) is 3. The van der Waals surface area contributed by atoms with E-state index in [1.54, 1.807) is 23.7 Å². The zero-order chi connectivity index (χ0) is 21.3. The Hall–Kier alpha value is -2.26. The van der Waals surface area contributed by atoms with Crippen molar-refractivity contribution in [2.75, 3.05) is 13.1 Å². The summed E-state index contributed by atoms with van der Waals surface area (Å²) in [4.78, 5) is 4.02. The van der Waals surface area contributed by atoms with Crippen LogP contribution in [0.5, 0.6) is 0 Å². The van der Waals surface area contributed by atoms with Crippen LogP contribution in [0.3, 0.4) is 0 Å². The van der Waals surface area contributed by atoms with E-state index in [0.717, 1.165) is 11.1 Å². The Labute approximate surface area is 180 Å². The fraction of sp³-hybridized carbons (Fsp3) is 0.286. The van der Waals surface area contributed by atoms with Crippen LogP contribution in [0.15, 0.2) is 66.1 Å². The third kappa shape index (κ3) is 4.41. The van der Waals surface area contributed by atoms with Crippen molar-refractivity contribution in [1.82, 2.24) is 19.2 Å². The topological polar surface area (TPSA) is 67.2 Å². The molecule has 2 heterocycles. The summed E-state index contributed by atoms with van der Waals surface area (Å²) >= 11 is 6.07. The Balaban J connectivity index is 1.59. The van der Waals surface area contributed by atoms with E-state index >= 15 is 0 Å². The average molecular weight is 449 g/mol. The number of hydrogen-bond acceptors (Lipinski definition) is 4. The largest absolute Gasteiger partial charge is 0.339 e. The van der Waals surface area contributed by atoms with E-state index in [1.165, 1.54) is 29.0 Å². The molecule has 0 aliphatic carbocycles. The van der Waals surface area contributed by atoms with Gasteiger partial charge in [-0.15, -0.1) is 0 Å². The molecule has 1 saturated heterocycles. The van der Waals surface area contributed by atoms with Gasteiger partial charge >= 0.3 is 0 Å². The molecule has 4 rings (SSSR count). The van der Waals surface area contributed by atoms with Crippen molar-refractivity contribution in [3.05, 3.63) is 83.0 Å². The summed E-state index contributed by atoms with van der Waals surface area (Å²) in [6.07, 6.45) is 2.96. The molecule has 1 aliphatic rings. The summed E-state index contributed by atoms with van der Waals surface area (Å²) in [5, 5.41) is 4.14. The first-order valence-electron chi connectivity index (χ1n) is 9.54. The highest BCUT2D eigenvalue weighted by Crippen LogP contribution is 2.31. The van der Waals surface area contributed by atoms with Gasteiger partial charge in [0, 0.05) is 49.9 Å². The Morgan fingerprint density at radius 3 is 2.63 bits per heavy atom. The zero-order valence-corrected chi connectivity index (χ0v) is 17.9. The van der Waals surface area contributed by atoms with Gasteiger partial charge in [0.05, 0.1) is 6.33 Å². The van der Waals surface area contributed by atoms with Crippen molar-refractivity contribution in [3.8, 4) is 0 Å². The molecule has 1 aliphatic heterocycles. The molecule has 0 spiro atoms. The highest BCUT2D eigenvalue weighted by molar-refractivity contribution is 7.89. The van der Waals surface area contributed by atoms with Crippen molar-refractivity contribution in [2.24, 2.45) is 7.05 Å². The fourth-order valence-electron chi connectivity index (χ4n) is 3.77. The maximum absolute atomic E-state index is 13.4. The van der Waals surface area contributed by atoms with E-state index in [-0.39, 0.29) is 29.3 Å². The van der Waals surface area contributed by atoms with Gasteiger partial charge in [0.2, 0.25) is 0 Å². The van der Waals surface area contributed by atoms with Crippen LogP contribution in [0.1, 0.15) is 17.0 Å². The van der Waals surface area contributed by atoms with Crippen molar-refractivity contribution < 1.29 is 12.8 Å². The normalized spacial score (nSPS) is 20.0. The van der Waals surface area contributed by atoms with Gasteiger partial charge in [0.15, 0.2) is 5.03 Å². The minimum atomic E-state index is -3.72. The number of sulfonamides is 1. The molecule has 0 bridgehead atoms. The van der Waals surface area contributed by atoms with Gasteiger partial charge in [0.1, 0.15) is 5.82 Å². The number of nitrogens with one attached hydrogen (secondary N) is 1. The molecule has 1 N–H and O–H groups in total. The quantitative estimate of drug-likeness (QED) is 0.629. The first-order valence-corrected chi connectivity index (χ1v) is 11.4. The smallest absolute Gasteiger partial charge is 0.262 e. The number of aromatic nitrogens is 2. The van der Waals surface area contributed by atoms with Gasteiger partial charge in [-0.2, -0.15) is 4.31 Å². The summed E-state index contributed by atoms with van der Waals surface area (Å²) < 4.78 is 42.6. The van der Waals surface area contributed by atoms with E-state index in [4.69, 9.17) is 11.6 Å². The Morgan fingerprint density at radius 1 is 1.20 bits per heavy atom. The standard InChI is InChI=1S/C21H22ClFN4O2S/c1-26-13-21(25-14-26)30(28,29)27-11-19(16-5-7-18(23)8-6-16)20(12-27)24-10-15-3-2-4-17(22)9-15/h2-9,13-14,19-20,24H,10-12H2,1H3/t19-,20+/m1/s1. The molecule has 6 nitrogen and oxygen atoms in total. The summed E-state index contributed by atoms with van der Waals surface area (Å²) in [7, 11) is -1.99. The van der Waals surface area contributed by atoms with Gasteiger partial charge < -0.3 is 9.88 Å². The third-order valence-electron chi connectivity index (χ3n) is 5.33. The molecular formula is C21H22ClFN4O2S. The van der Waals surface area contributed by atoms with Crippen molar-refractivity contribution >= 4 is 21.6 Å². The van der Waals surface area contributed by atoms with Crippen LogP contribution in [0.2, 0.25) is 5.02 Å². The second kappa shape index (κ2) is 8.47. The lowest BCUT2D eigenvalue weighted by Crippen LogP contribution is -2.36. The summed E-state index contributed by atoms with van der Waals surface area (Å²) in [5.74, 6) is -0.443. The summed E-state index contributed by atoms with van der Waals surface area (Å²) in [6.45, 7) is 1.12. The van der Waals surface area contributed by atoms with Crippen LogP contribution in [0.25, 0.3) is 0 Å². The van der Waals surface area contributed by atoms with Gasteiger partial charge in [-0.3, -0.25) is 0 Å². The predicted octanol–water partition coefficient (Wildman–Crippen LogP) is 3.16. The molecule has 1 aromatic heterocycles. The van der Waals surface area contributed by atoms with Crippen LogP contribution in [0, 0.1) is 5.82 Å². The third-order valence-corrected chi connectivity index (χ3v) is 7.28. The molecule has 3 aromatic rings. The number of halogens is 2. The summed E-state index contributed by atoms with van der Waals surface area (Å²) in [5.41, 5.74) is 1.89. The molecule has 9 heteroatoms. The maximum Gasteiger partial charge on any atom is 0.262 e. The van der Waals surface area contributed by atoms with E-state index in [0.29, 0.717) is 18.1 Å². The monoisotopic (exact) mass is 448 g/mol. The van der Waals surface area contributed by atoms with Crippen LogP contribution in [-0.2, 0) is 23.6 Å². The minimum absolute atomic E-state index is 0.0262. The average Bonchev–Trinajstić information content (AvgIpc) is 3.34. The number of rotatable bonds is 6. The lowest BCUT2D eigenvalue weighted by Gasteiger charge is -2.20. The van der Waals surface area contributed by atoms with Crippen LogP contribution < -0.4 is 5.32 Å². The molecule has 1 fully saturated rings. The lowest BCUT2D eigenvalue weighted by atomic mass is 9.94. The summed E-state index contributed by atoms with van der Waals surface area (Å²) in [6, 6.07) is 13.6. The predicted molar refractivity (Wildman–Crippen MR) is 113 cm³/mol. The van der Waals surface area contributed by atoms with Gasteiger partial charge in [0.25, 0.3) is 10.0 Å². The number of imidazole rings is 1. The van der Waals surface area contributed by atoms with Gasteiger partial charge in [-0.25, -0.2) is 17.8 Å². The Morgan fingerprint density at radius 2 is 1.97 bits per heavy atom. The number of benzene rings is 2. The number of aryl methyl sites for hydroxylation is 1. The molecule has 2 aromatic carbocycles.